The lowest BCUT2D eigenvalue weighted by molar-refractivity contribution is 0.328. The fraction of sp³-hybridized carbons (Fsp3) is 1.00. The van der Waals surface area contributed by atoms with Crippen molar-refractivity contribution in [2.45, 2.75) is 33.0 Å². The Labute approximate surface area is 59.4 Å². The minimum Gasteiger partial charge on any atom is -0.330 e. The first kappa shape index (κ1) is 9.02. The van der Waals surface area contributed by atoms with Gasteiger partial charge >= 0.3 is 0 Å². The molecule has 0 unspecified atom stereocenters. The third-order valence-electron chi connectivity index (χ3n) is 1.64. The van der Waals surface area contributed by atoms with Gasteiger partial charge in [0.15, 0.2) is 0 Å². The van der Waals surface area contributed by atoms with Crippen LogP contribution in [0.1, 0.15) is 26.7 Å². The minimum absolute atomic E-state index is 0.351. The van der Waals surface area contributed by atoms with Crippen molar-refractivity contribution in [3.05, 3.63) is 0 Å². The lowest BCUT2D eigenvalue weighted by atomic mass is 9.80. The summed E-state index contributed by atoms with van der Waals surface area (Å²) in [5.41, 5.74) is 5.75. The van der Waals surface area contributed by atoms with Crippen molar-refractivity contribution in [2.75, 3.05) is 6.54 Å². The number of hydrogen-bond donors (Lipinski definition) is 1. The molecule has 0 aliphatic heterocycles. The lowest BCUT2D eigenvalue weighted by Crippen LogP contribution is -2.16. The van der Waals surface area contributed by atoms with Gasteiger partial charge in [0.1, 0.15) is 0 Å². The van der Waals surface area contributed by atoms with E-state index in [-0.39, 0.29) is 0 Å². The lowest BCUT2D eigenvalue weighted by Gasteiger charge is -2.22. The van der Waals surface area contributed by atoms with Gasteiger partial charge in [-0.15, -0.1) is 0 Å². The predicted molar refractivity (Wildman–Crippen MR) is 42.6 cm³/mol. The number of rotatable bonds is 4. The molecule has 0 aromatic rings. The van der Waals surface area contributed by atoms with Crippen LogP contribution >= 0.6 is 0 Å². The van der Waals surface area contributed by atoms with Gasteiger partial charge in [-0.2, -0.15) is 0 Å². The average molecular weight is 125 g/mol. The van der Waals surface area contributed by atoms with Gasteiger partial charge in [0.05, 0.1) is 7.85 Å². The summed E-state index contributed by atoms with van der Waals surface area (Å²) in [5, 5.41) is 0. The molecule has 0 fully saturated rings. The van der Waals surface area contributed by atoms with Crippen LogP contribution in [0.2, 0.25) is 6.32 Å². The normalized spacial score (nSPS) is 11.9. The average Bonchev–Trinajstić information content (AvgIpc) is 1.64. The van der Waals surface area contributed by atoms with Crippen LogP contribution < -0.4 is 5.73 Å². The molecule has 2 heteroatoms. The van der Waals surface area contributed by atoms with E-state index in [2.05, 4.69) is 13.8 Å². The van der Waals surface area contributed by atoms with E-state index >= 15 is 0 Å². The SMILES string of the molecule is [B]CCC(C)(C)CCN. The molecule has 1 nitrogen and oxygen atoms in total. The largest absolute Gasteiger partial charge is 0.330 e. The van der Waals surface area contributed by atoms with Crippen molar-refractivity contribution >= 4 is 7.85 Å². The summed E-state index contributed by atoms with van der Waals surface area (Å²) in [6.45, 7) is 5.17. The molecule has 0 saturated heterocycles. The Morgan fingerprint density at radius 1 is 1.33 bits per heavy atom. The van der Waals surface area contributed by atoms with Crippen LogP contribution in [-0.4, -0.2) is 14.4 Å². The molecule has 0 heterocycles. The van der Waals surface area contributed by atoms with E-state index in [4.69, 9.17) is 13.6 Å². The highest BCUT2D eigenvalue weighted by Crippen LogP contribution is 2.24. The molecule has 0 aliphatic rings. The van der Waals surface area contributed by atoms with Crippen molar-refractivity contribution in [2.24, 2.45) is 11.1 Å². The van der Waals surface area contributed by atoms with E-state index in [1.807, 2.05) is 0 Å². The molecule has 0 aromatic heterocycles. The minimum atomic E-state index is 0.351. The van der Waals surface area contributed by atoms with Crippen LogP contribution in [0.3, 0.4) is 0 Å². The smallest absolute Gasteiger partial charge is 0.0653 e. The van der Waals surface area contributed by atoms with Crippen molar-refractivity contribution in [3.8, 4) is 0 Å². The van der Waals surface area contributed by atoms with Gasteiger partial charge < -0.3 is 5.73 Å². The summed E-state index contributed by atoms with van der Waals surface area (Å²) in [7, 11) is 5.40. The van der Waals surface area contributed by atoms with Crippen LogP contribution in [-0.2, 0) is 0 Å². The van der Waals surface area contributed by atoms with E-state index in [9.17, 15) is 0 Å². The molecule has 0 aromatic carbocycles. The fourth-order valence-corrected chi connectivity index (χ4v) is 0.906. The third kappa shape index (κ3) is 4.52. The maximum Gasteiger partial charge on any atom is 0.0653 e. The Kier molecular flexibility index (Phi) is 3.95. The Morgan fingerprint density at radius 3 is 2.22 bits per heavy atom. The van der Waals surface area contributed by atoms with Gasteiger partial charge in [0.25, 0.3) is 0 Å². The highest BCUT2D eigenvalue weighted by atomic mass is 14.5. The van der Waals surface area contributed by atoms with Crippen LogP contribution in [0.5, 0.6) is 0 Å². The fourth-order valence-electron chi connectivity index (χ4n) is 0.906. The predicted octanol–water partition coefficient (Wildman–Crippen LogP) is 1.34. The van der Waals surface area contributed by atoms with Gasteiger partial charge in [-0.3, -0.25) is 0 Å². The second-order valence-electron chi connectivity index (χ2n) is 3.24. The van der Waals surface area contributed by atoms with E-state index in [1.54, 1.807) is 0 Å². The Balaban J connectivity index is 3.43. The second kappa shape index (κ2) is 3.94. The standard InChI is InChI=1S/C7H16BN/c1-7(2,3-5-8)4-6-9/h3-6,9H2,1-2H3. The van der Waals surface area contributed by atoms with Crippen molar-refractivity contribution in [1.29, 1.82) is 0 Å². The zero-order chi connectivity index (χ0) is 7.33. The Hall–Kier alpha value is 0.0249. The molecule has 9 heavy (non-hydrogen) atoms. The molecular formula is C7H16BN. The summed E-state index contributed by atoms with van der Waals surface area (Å²) in [6.07, 6.45) is 2.92. The molecule has 0 bridgehead atoms. The zero-order valence-corrected chi connectivity index (χ0v) is 6.48. The molecule has 0 rings (SSSR count). The molecule has 52 valence electrons. The van der Waals surface area contributed by atoms with Crippen LogP contribution in [0.4, 0.5) is 0 Å². The first-order chi connectivity index (χ1) is 4.12. The number of nitrogens with two attached hydrogens (primary N) is 1. The Bertz CT molecular complexity index is 63.3. The van der Waals surface area contributed by atoms with Gasteiger partial charge in [-0.1, -0.05) is 26.6 Å². The first-order valence-corrected chi connectivity index (χ1v) is 3.52. The van der Waals surface area contributed by atoms with Crippen LogP contribution in [0, 0.1) is 5.41 Å². The van der Waals surface area contributed by atoms with Gasteiger partial charge in [0.2, 0.25) is 0 Å². The quantitative estimate of drug-likeness (QED) is 0.563. The van der Waals surface area contributed by atoms with Crippen LogP contribution in [0.15, 0.2) is 0 Å². The van der Waals surface area contributed by atoms with Crippen LogP contribution in [0.25, 0.3) is 0 Å². The molecule has 0 atom stereocenters. The van der Waals surface area contributed by atoms with E-state index in [0.717, 1.165) is 25.7 Å². The van der Waals surface area contributed by atoms with Crippen molar-refractivity contribution in [3.63, 3.8) is 0 Å². The van der Waals surface area contributed by atoms with E-state index in [1.165, 1.54) is 0 Å². The monoisotopic (exact) mass is 125 g/mol. The van der Waals surface area contributed by atoms with E-state index < -0.39 is 0 Å². The third-order valence-corrected chi connectivity index (χ3v) is 1.64. The summed E-state index contributed by atoms with van der Waals surface area (Å²) in [5.74, 6) is 0. The van der Waals surface area contributed by atoms with Crippen molar-refractivity contribution < 1.29 is 0 Å². The van der Waals surface area contributed by atoms with E-state index in [0.29, 0.717) is 5.41 Å². The maximum absolute atomic E-state index is 5.40. The highest BCUT2D eigenvalue weighted by molar-refractivity contribution is 6.08. The molecular weight excluding hydrogens is 109 g/mol. The summed E-state index contributed by atoms with van der Waals surface area (Å²) >= 11 is 0. The second-order valence-corrected chi connectivity index (χ2v) is 3.24. The highest BCUT2D eigenvalue weighted by Gasteiger charge is 2.13. The molecule has 0 aliphatic carbocycles. The van der Waals surface area contributed by atoms with Gasteiger partial charge in [-0.25, -0.2) is 0 Å². The zero-order valence-electron chi connectivity index (χ0n) is 6.48. The molecule has 2 radical (unpaired) electrons. The summed E-state index contributed by atoms with van der Waals surface area (Å²) < 4.78 is 0. The summed E-state index contributed by atoms with van der Waals surface area (Å²) in [6, 6.07) is 0. The molecule has 0 spiro atoms. The number of hydrogen-bond acceptors (Lipinski definition) is 1. The van der Waals surface area contributed by atoms with Gasteiger partial charge in [-0.05, 0) is 18.4 Å². The molecule has 0 amide bonds. The topological polar surface area (TPSA) is 26.0 Å². The Morgan fingerprint density at radius 2 is 1.89 bits per heavy atom. The molecule has 2 N–H and O–H groups in total. The maximum atomic E-state index is 5.40. The molecule has 0 saturated carbocycles. The van der Waals surface area contributed by atoms with Crippen molar-refractivity contribution in [1.82, 2.24) is 0 Å². The first-order valence-electron chi connectivity index (χ1n) is 3.52. The summed E-state index contributed by atoms with van der Waals surface area (Å²) in [4.78, 5) is 0. The van der Waals surface area contributed by atoms with Gasteiger partial charge in [0, 0.05) is 0 Å².